The van der Waals surface area contributed by atoms with Gasteiger partial charge in [0.15, 0.2) is 6.61 Å². The zero-order chi connectivity index (χ0) is 24.3. The molecule has 2 aromatic heterocycles. The normalized spacial score (nSPS) is 16.0. The number of ether oxygens (including phenoxy) is 1. The van der Waals surface area contributed by atoms with E-state index in [0.29, 0.717) is 18.1 Å². The Morgan fingerprint density at radius 1 is 1.18 bits per heavy atom. The number of anilines is 1. The third-order valence-corrected chi connectivity index (χ3v) is 5.57. The molecule has 1 unspecified atom stereocenters. The lowest BCUT2D eigenvalue weighted by Gasteiger charge is -2.14. The van der Waals surface area contributed by atoms with Gasteiger partial charge in [0, 0.05) is 24.4 Å². The molecule has 1 aliphatic heterocycles. The van der Waals surface area contributed by atoms with Crippen LogP contribution in [0.1, 0.15) is 38.6 Å². The van der Waals surface area contributed by atoms with Gasteiger partial charge in [-0.2, -0.15) is 5.10 Å². The van der Waals surface area contributed by atoms with Gasteiger partial charge < -0.3 is 19.4 Å². The highest BCUT2D eigenvalue weighted by molar-refractivity contribution is 5.93. The summed E-state index contributed by atoms with van der Waals surface area (Å²) in [6.45, 7) is 6.19. The Hall–Kier alpha value is -3.88. The fourth-order valence-corrected chi connectivity index (χ4v) is 3.71. The molecule has 1 N–H and O–H groups in total. The van der Waals surface area contributed by atoms with Gasteiger partial charge in [-0.3, -0.25) is 14.4 Å². The molecule has 1 aromatic carbocycles. The quantitative estimate of drug-likeness (QED) is 0.538. The van der Waals surface area contributed by atoms with Crippen molar-refractivity contribution in [2.45, 2.75) is 39.2 Å². The summed E-state index contributed by atoms with van der Waals surface area (Å²) in [4.78, 5) is 38.9. The molecule has 9 heteroatoms. The highest BCUT2D eigenvalue weighted by atomic mass is 16.5. The first-order valence-corrected chi connectivity index (χ1v) is 11.1. The molecule has 0 spiro atoms. The van der Waals surface area contributed by atoms with Crippen LogP contribution in [0, 0.1) is 5.92 Å². The summed E-state index contributed by atoms with van der Waals surface area (Å²) in [7, 11) is 0. The largest absolute Gasteiger partial charge is 0.467 e. The Morgan fingerprint density at radius 3 is 2.62 bits per heavy atom. The zero-order valence-corrected chi connectivity index (χ0v) is 19.5. The average molecular weight is 465 g/mol. The van der Waals surface area contributed by atoms with E-state index in [2.05, 4.69) is 10.4 Å². The lowest BCUT2D eigenvalue weighted by Crippen LogP contribution is -2.28. The van der Waals surface area contributed by atoms with Crippen LogP contribution in [0.3, 0.4) is 0 Å². The minimum Gasteiger partial charge on any atom is -0.467 e. The third kappa shape index (κ3) is 5.36. The van der Waals surface area contributed by atoms with E-state index in [1.165, 1.54) is 6.26 Å². The number of esters is 1. The van der Waals surface area contributed by atoms with Crippen molar-refractivity contribution in [1.82, 2.24) is 14.7 Å². The molecule has 9 nitrogen and oxygen atoms in total. The van der Waals surface area contributed by atoms with Crippen molar-refractivity contribution in [1.29, 1.82) is 0 Å². The van der Waals surface area contributed by atoms with Crippen molar-refractivity contribution in [3.05, 3.63) is 66.2 Å². The monoisotopic (exact) mass is 464 g/mol. The molecule has 178 valence electrons. The fourth-order valence-electron chi connectivity index (χ4n) is 3.71. The number of benzene rings is 1. The van der Waals surface area contributed by atoms with Gasteiger partial charge in [-0.15, -0.1) is 0 Å². The van der Waals surface area contributed by atoms with Gasteiger partial charge in [0.25, 0.3) is 5.91 Å². The topological polar surface area (TPSA) is 107 Å². The second-order valence-electron chi connectivity index (χ2n) is 9.32. The Labute approximate surface area is 197 Å². The van der Waals surface area contributed by atoms with Crippen molar-refractivity contribution < 1.29 is 23.5 Å². The summed E-state index contributed by atoms with van der Waals surface area (Å²) in [5.41, 5.74) is 1.39. The maximum Gasteiger partial charge on any atom is 0.311 e. The SMILES string of the molecule is CC(C)(C)c1cc(NC(=O)COC(=O)C2CC(=O)N(Cc3ccco3)C2)n(-c2ccccc2)n1. The second-order valence-corrected chi connectivity index (χ2v) is 9.32. The number of hydrogen-bond donors (Lipinski definition) is 1. The smallest absolute Gasteiger partial charge is 0.311 e. The first-order valence-electron chi connectivity index (χ1n) is 11.1. The van der Waals surface area contributed by atoms with E-state index in [0.717, 1.165) is 11.4 Å². The number of carbonyl (C=O) groups is 3. The van der Waals surface area contributed by atoms with Crippen LogP contribution in [0.4, 0.5) is 5.82 Å². The molecule has 0 aliphatic carbocycles. The molecule has 0 saturated carbocycles. The Morgan fingerprint density at radius 2 is 1.94 bits per heavy atom. The molecule has 1 atom stereocenters. The number of rotatable bonds is 7. The molecule has 3 heterocycles. The third-order valence-electron chi connectivity index (χ3n) is 5.57. The van der Waals surface area contributed by atoms with Crippen LogP contribution < -0.4 is 5.32 Å². The standard InChI is InChI=1S/C25H28N4O5/c1-25(2,3)20-13-21(29(27-20)18-8-5-4-6-9-18)26-22(30)16-34-24(32)17-12-23(31)28(14-17)15-19-10-7-11-33-19/h4-11,13,17H,12,14-16H2,1-3H3,(H,26,30). The highest BCUT2D eigenvalue weighted by Gasteiger charge is 2.36. The summed E-state index contributed by atoms with van der Waals surface area (Å²) in [5, 5.41) is 7.44. The number of nitrogens with zero attached hydrogens (tertiary/aromatic N) is 3. The van der Waals surface area contributed by atoms with Crippen LogP contribution in [0.5, 0.6) is 0 Å². The van der Waals surface area contributed by atoms with Gasteiger partial charge in [-0.1, -0.05) is 39.0 Å². The zero-order valence-electron chi connectivity index (χ0n) is 19.5. The summed E-state index contributed by atoms with van der Waals surface area (Å²) >= 11 is 0. The lowest BCUT2D eigenvalue weighted by molar-refractivity contribution is -0.151. The predicted octanol–water partition coefficient (Wildman–Crippen LogP) is 3.29. The van der Waals surface area contributed by atoms with Gasteiger partial charge in [0.05, 0.1) is 30.1 Å². The van der Waals surface area contributed by atoms with Gasteiger partial charge in [-0.25, -0.2) is 4.68 Å². The molecule has 2 amide bonds. The van der Waals surface area contributed by atoms with Crippen molar-refractivity contribution in [3.63, 3.8) is 0 Å². The first-order chi connectivity index (χ1) is 16.2. The van der Waals surface area contributed by atoms with E-state index in [1.807, 2.05) is 57.2 Å². The van der Waals surface area contributed by atoms with Crippen molar-refractivity contribution in [2.75, 3.05) is 18.5 Å². The summed E-state index contributed by atoms with van der Waals surface area (Å²) in [6, 6.07) is 14.8. The number of aromatic nitrogens is 2. The van der Waals surface area contributed by atoms with E-state index < -0.39 is 24.4 Å². The average Bonchev–Trinajstić information content (AvgIpc) is 3.54. The number of hydrogen-bond acceptors (Lipinski definition) is 6. The summed E-state index contributed by atoms with van der Waals surface area (Å²) in [5.74, 6) is -0.689. The maximum atomic E-state index is 12.6. The van der Waals surface area contributed by atoms with E-state index in [-0.39, 0.29) is 24.3 Å². The predicted molar refractivity (Wildman–Crippen MR) is 124 cm³/mol. The molecule has 34 heavy (non-hydrogen) atoms. The molecule has 1 fully saturated rings. The minimum atomic E-state index is -0.613. The molecule has 1 saturated heterocycles. The Bertz CT molecular complexity index is 1160. The molecule has 3 aromatic rings. The number of likely N-dealkylation sites (tertiary alicyclic amines) is 1. The summed E-state index contributed by atoms with van der Waals surface area (Å²) in [6.07, 6.45) is 1.59. The number of furan rings is 1. The molecule has 0 radical (unpaired) electrons. The van der Waals surface area contributed by atoms with Gasteiger partial charge in [-0.05, 0) is 24.3 Å². The molecular formula is C25H28N4O5. The van der Waals surface area contributed by atoms with Crippen LogP contribution in [0.2, 0.25) is 0 Å². The van der Waals surface area contributed by atoms with Crippen LogP contribution in [0.15, 0.2) is 59.2 Å². The van der Waals surface area contributed by atoms with E-state index >= 15 is 0 Å². The number of carbonyl (C=O) groups excluding carboxylic acids is 3. The van der Waals surface area contributed by atoms with Gasteiger partial charge in [0.1, 0.15) is 11.6 Å². The van der Waals surface area contributed by atoms with E-state index in [9.17, 15) is 14.4 Å². The van der Waals surface area contributed by atoms with Crippen LogP contribution in [-0.2, 0) is 31.1 Å². The van der Waals surface area contributed by atoms with Crippen LogP contribution in [-0.4, -0.2) is 45.6 Å². The van der Waals surface area contributed by atoms with Crippen molar-refractivity contribution >= 4 is 23.6 Å². The van der Waals surface area contributed by atoms with Gasteiger partial charge in [0.2, 0.25) is 5.91 Å². The summed E-state index contributed by atoms with van der Waals surface area (Å²) < 4.78 is 12.2. The Kier molecular flexibility index (Phi) is 6.54. The number of para-hydroxylation sites is 1. The Balaban J connectivity index is 1.36. The second kappa shape index (κ2) is 9.54. The van der Waals surface area contributed by atoms with E-state index in [4.69, 9.17) is 9.15 Å². The number of amides is 2. The lowest BCUT2D eigenvalue weighted by atomic mass is 9.92. The molecule has 4 rings (SSSR count). The van der Waals surface area contributed by atoms with Gasteiger partial charge >= 0.3 is 5.97 Å². The number of nitrogens with one attached hydrogen (secondary N) is 1. The van der Waals surface area contributed by atoms with Crippen molar-refractivity contribution in [3.8, 4) is 5.69 Å². The molecular weight excluding hydrogens is 436 g/mol. The highest BCUT2D eigenvalue weighted by Crippen LogP contribution is 2.26. The first kappa shape index (κ1) is 23.3. The van der Waals surface area contributed by atoms with E-state index in [1.54, 1.807) is 21.7 Å². The fraction of sp³-hybridized carbons (Fsp3) is 0.360. The maximum absolute atomic E-state index is 12.6. The molecule has 1 aliphatic rings. The molecule has 0 bridgehead atoms. The van der Waals surface area contributed by atoms with Crippen LogP contribution >= 0.6 is 0 Å². The van der Waals surface area contributed by atoms with Crippen LogP contribution in [0.25, 0.3) is 5.69 Å². The minimum absolute atomic E-state index is 0.0525. The van der Waals surface area contributed by atoms with Crippen molar-refractivity contribution in [2.24, 2.45) is 5.92 Å².